The molecule has 0 aliphatic carbocycles. The average molecular weight is 368 g/mol. The zero-order valence-corrected chi connectivity index (χ0v) is 14.6. The van der Waals surface area contributed by atoms with Gasteiger partial charge >= 0.3 is 5.97 Å². The lowest BCUT2D eigenvalue weighted by Crippen LogP contribution is -2.40. The number of carbonyl (C=O) groups excluding carboxylic acids is 2. The summed E-state index contributed by atoms with van der Waals surface area (Å²) in [6, 6.07) is 6.61. The van der Waals surface area contributed by atoms with E-state index < -0.39 is 12.0 Å². The van der Waals surface area contributed by atoms with Crippen LogP contribution in [0.1, 0.15) is 25.7 Å². The molecule has 0 saturated carbocycles. The maximum atomic E-state index is 12.2. The number of nitrogens with one attached hydrogen (secondary N) is 1. The predicted octanol–water partition coefficient (Wildman–Crippen LogP) is 1.72. The third kappa shape index (κ3) is 4.49. The van der Waals surface area contributed by atoms with E-state index in [0.29, 0.717) is 31.6 Å². The van der Waals surface area contributed by atoms with Gasteiger partial charge in [-0.25, -0.2) is 0 Å². The van der Waals surface area contributed by atoms with E-state index in [1.807, 2.05) is 6.07 Å². The summed E-state index contributed by atoms with van der Waals surface area (Å²) in [5, 5.41) is 12.0. The van der Waals surface area contributed by atoms with Crippen LogP contribution in [0.15, 0.2) is 24.3 Å². The molecule has 1 aromatic rings. The molecule has 1 aromatic carbocycles. The van der Waals surface area contributed by atoms with Crippen molar-refractivity contribution in [2.24, 2.45) is 0 Å². The lowest BCUT2D eigenvalue weighted by molar-refractivity contribution is -0.142. The minimum atomic E-state index is -0.880. The zero-order valence-electron chi connectivity index (χ0n) is 13.8. The number of carbonyl (C=O) groups is 3. The molecule has 2 aliphatic heterocycles. The fourth-order valence-corrected chi connectivity index (χ4v) is 3.35. The molecule has 7 nitrogen and oxygen atoms in total. The van der Waals surface area contributed by atoms with Crippen LogP contribution >= 0.6 is 12.4 Å². The monoisotopic (exact) mass is 367 g/mol. The van der Waals surface area contributed by atoms with Crippen molar-refractivity contribution in [2.75, 3.05) is 29.9 Å². The third-order valence-electron chi connectivity index (χ3n) is 4.51. The van der Waals surface area contributed by atoms with Gasteiger partial charge in [0.05, 0.1) is 6.54 Å². The molecule has 2 aliphatic rings. The molecule has 2 amide bonds. The predicted molar refractivity (Wildman–Crippen MR) is 96.1 cm³/mol. The van der Waals surface area contributed by atoms with Crippen LogP contribution in [0.4, 0.5) is 11.4 Å². The van der Waals surface area contributed by atoms with E-state index in [0.717, 1.165) is 18.5 Å². The van der Waals surface area contributed by atoms with E-state index in [4.69, 9.17) is 5.11 Å². The van der Waals surface area contributed by atoms with Crippen LogP contribution in [0.25, 0.3) is 0 Å². The number of halogens is 1. The maximum absolute atomic E-state index is 12.2. The van der Waals surface area contributed by atoms with Gasteiger partial charge in [-0.15, -0.1) is 12.4 Å². The summed E-state index contributed by atoms with van der Waals surface area (Å²) in [5.41, 5.74) is 1.39. The van der Waals surface area contributed by atoms with Crippen LogP contribution in [-0.2, 0) is 14.4 Å². The van der Waals surface area contributed by atoms with Crippen molar-refractivity contribution in [3.8, 4) is 0 Å². The summed E-state index contributed by atoms with van der Waals surface area (Å²) in [4.78, 5) is 38.6. The number of benzene rings is 1. The second-order valence-corrected chi connectivity index (χ2v) is 6.21. The first-order valence-electron chi connectivity index (χ1n) is 8.22. The SMILES string of the molecule is Cl.O=C(CN1CCCC1C(=O)O)Nc1cccc(N2CCCC2=O)c1. The molecular weight excluding hydrogens is 346 g/mol. The number of hydrogen-bond donors (Lipinski definition) is 2. The van der Waals surface area contributed by atoms with Crippen molar-refractivity contribution < 1.29 is 19.5 Å². The van der Waals surface area contributed by atoms with Gasteiger partial charge in [0.25, 0.3) is 0 Å². The smallest absolute Gasteiger partial charge is 0.320 e. The fourth-order valence-electron chi connectivity index (χ4n) is 3.35. The molecule has 2 fully saturated rings. The molecular formula is C17H22ClN3O4. The number of anilines is 2. The Morgan fingerprint density at radius 2 is 2.04 bits per heavy atom. The number of hydrogen-bond acceptors (Lipinski definition) is 4. The number of amides is 2. The molecule has 1 unspecified atom stereocenters. The van der Waals surface area contributed by atoms with Gasteiger partial charge in [0, 0.05) is 24.3 Å². The molecule has 2 N–H and O–H groups in total. The van der Waals surface area contributed by atoms with Gasteiger partial charge in [-0.2, -0.15) is 0 Å². The van der Waals surface area contributed by atoms with E-state index in [2.05, 4.69) is 5.32 Å². The van der Waals surface area contributed by atoms with Crippen LogP contribution in [0.2, 0.25) is 0 Å². The zero-order chi connectivity index (χ0) is 17.1. The summed E-state index contributed by atoms with van der Waals surface area (Å²) < 4.78 is 0. The van der Waals surface area contributed by atoms with Crippen LogP contribution < -0.4 is 10.2 Å². The molecule has 0 bridgehead atoms. The Hall–Kier alpha value is -2.12. The van der Waals surface area contributed by atoms with Crippen molar-refractivity contribution in [3.05, 3.63) is 24.3 Å². The van der Waals surface area contributed by atoms with E-state index >= 15 is 0 Å². The van der Waals surface area contributed by atoms with Gasteiger partial charge in [0.1, 0.15) is 6.04 Å². The van der Waals surface area contributed by atoms with Crippen LogP contribution in [0, 0.1) is 0 Å². The number of aliphatic carboxylic acids is 1. The first-order valence-corrected chi connectivity index (χ1v) is 8.22. The quantitative estimate of drug-likeness (QED) is 0.827. The minimum absolute atomic E-state index is 0. The number of carboxylic acids is 1. The molecule has 25 heavy (non-hydrogen) atoms. The van der Waals surface area contributed by atoms with Gasteiger partial charge < -0.3 is 15.3 Å². The van der Waals surface area contributed by atoms with Gasteiger partial charge in [0.15, 0.2) is 0 Å². The molecule has 2 heterocycles. The summed E-state index contributed by atoms with van der Waals surface area (Å²) >= 11 is 0. The highest BCUT2D eigenvalue weighted by atomic mass is 35.5. The van der Waals surface area contributed by atoms with Crippen LogP contribution in [-0.4, -0.2) is 53.5 Å². The largest absolute Gasteiger partial charge is 0.480 e. The number of rotatable bonds is 5. The van der Waals surface area contributed by atoms with Crippen molar-refractivity contribution in [2.45, 2.75) is 31.7 Å². The lowest BCUT2D eigenvalue weighted by Gasteiger charge is -2.21. The van der Waals surface area contributed by atoms with Crippen molar-refractivity contribution in [1.29, 1.82) is 0 Å². The summed E-state index contributed by atoms with van der Waals surface area (Å²) in [6.45, 7) is 1.38. The Morgan fingerprint density at radius 3 is 2.72 bits per heavy atom. The average Bonchev–Trinajstić information content (AvgIpc) is 3.16. The second kappa shape index (κ2) is 8.31. The second-order valence-electron chi connectivity index (χ2n) is 6.21. The molecule has 0 aromatic heterocycles. The highest BCUT2D eigenvalue weighted by molar-refractivity contribution is 5.97. The number of likely N-dealkylation sites (tertiary alicyclic amines) is 1. The van der Waals surface area contributed by atoms with E-state index in [1.54, 1.807) is 28.0 Å². The molecule has 0 spiro atoms. The Bertz CT molecular complexity index is 667. The molecule has 3 rings (SSSR count). The Kier molecular flexibility index (Phi) is 6.39. The van der Waals surface area contributed by atoms with Crippen LogP contribution in [0.3, 0.4) is 0 Å². The molecule has 1 atom stereocenters. The van der Waals surface area contributed by atoms with Crippen molar-refractivity contribution in [1.82, 2.24) is 4.90 Å². The minimum Gasteiger partial charge on any atom is -0.480 e. The highest BCUT2D eigenvalue weighted by Gasteiger charge is 2.31. The van der Waals surface area contributed by atoms with Gasteiger partial charge in [-0.3, -0.25) is 19.3 Å². The topological polar surface area (TPSA) is 89.9 Å². The molecule has 0 radical (unpaired) electrons. The van der Waals surface area contributed by atoms with Gasteiger partial charge in [-0.05, 0) is 44.0 Å². The van der Waals surface area contributed by atoms with Gasteiger partial charge in [-0.1, -0.05) is 6.07 Å². The summed E-state index contributed by atoms with van der Waals surface area (Å²) in [5.74, 6) is -1.03. The van der Waals surface area contributed by atoms with Crippen molar-refractivity contribution in [3.63, 3.8) is 0 Å². The van der Waals surface area contributed by atoms with E-state index in [-0.39, 0.29) is 30.8 Å². The fraction of sp³-hybridized carbons (Fsp3) is 0.471. The Balaban J connectivity index is 0.00000225. The summed E-state index contributed by atoms with van der Waals surface area (Å²) in [6.07, 6.45) is 2.77. The van der Waals surface area contributed by atoms with E-state index in [9.17, 15) is 14.4 Å². The standard InChI is InChI=1S/C17H21N3O4.ClH/c21-15(11-19-8-2-6-14(19)17(23)24)18-12-4-1-5-13(10-12)20-9-3-7-16(20)22;/h1,4-5,10,14H,2-3,6-9,11H2,(H,18,21)(H,23,24);1H. The summed E-state index contributed by atoms with van der Waals surface area (Å²) in [7, 11) is 0. The maximum Gasteiger partial charge on any atom is 0.320 e. The normalized spacial score (nSPS) is 20.4. The highest BCUT2D eigenvalue weighted by Crippen LogP contribution is 2.24. The van der Waals surface area contributed by atoms with Gasteiger partial charge in [0.2, 0.25) is 11.8 Å². The Labute approximate surface area is 152 Å². The first kappa shape index (κ1) is 19.2. The first-order chi connectivity index (χ1) is 11.5. The molecule has 136 valence electrons. The number of carboxylic acid groups (broad SMARTS) is 1. The Morgan fingerprint density at radius 1 is 1.24 bits per heavy atom. The number of nitrogens with zero attached hydrogens (tertiary/aromatic N) is 2. The van der Waals surface area contributed by atoms with E-state index in [1.165, 1.54) is 0 Å². The van der Waals surface area contributed by atoms with Crippen LogP contribution in [0.5, 0.6) is 0 Å². The molecule has 8 heteroatoms. The van der Waals surface area contributed by atoms with Crippen molar-refractivity contribution >= 4 is 41.6 Å². The third-order valence-corrected chi connectivity index (χ3v) is 4.51. The molecule has 2 saturated heterocycles. The lowest BCUT2D eigenvalue weighted by atomic mass is 10.2.